The van der Waals surface area contributed by atoms with Crippen molar-refractivity contribution in [1.29, 1.82) is 0 Å². The van der Waals surface area contributed by atoms with Gasteiger partial charge in [0.1, 0.15) is 5.82 Å². The van der Waals surface area contributed by atoms with Crippen LogP contribution in [0.1, 0.15) is 64.5 Å². The predicted octanol–water partition coefficient (Wildman–Crippen LogP) is 5.82. The fraction of sp³-hybridized carbons (Fsp3) is 0.474. The number of hydrogen-bond donors (Lipinski definition) is 0. The summed E-state index contributed by atoms with van der Waals surface area (Å²) in [7, 11) is 0. The van der Waals surface area contributed by atoms with Crippen molar-refractivity contribution >= 4 is 5.57 Å². The Morgan fingerprint density at radius 1 is 1.30 bits per heavy atom. The van der Waals surface area contributed by atoms with Crippen LogP contribution in [0.15, 0.2) is 24.3 Å². The van der Waals surface area contributed by atoms with Crippen molar-refractivity contribution < 1.29 is 4.39 Å². The molecule has 0 amide bonds. The van der Waals surface area contributed by atoms with E-state index in [0.29, 0.717) is 5.92 Å². The molecule has 0 unspecified atom stereocenters. The van der Waals surface area contributed by atoms with E-state index in [1.165, 1.54) is 0 Å². The normalized spacial score (nSPS) is 11.4. The average molecular weight is 272 g/mol. The standard InChI is InChI=1S/C19H25F/c1-5-7-9-16-11-13-18(19(20)14-16)17(8-6-2)12-10-15(3)4/h11-15H,5-6,8,10H2,1-4H3/b17-12+. The zero-order valence-corrected chi connectivity index (χ0v) is 13.1. The molecule has 1 heteroatoms. The molecule has 0 aliphatic carbocycles. The topological polar surface area (TPSA) is 0 Å². The van der Waals surface area contributed by atoms with Crippen LogP contribution in [0.25, 0.3) is 5.57 Å². The fourth-order valence-corrected chi connectivity index (χ4v) is 2.04. The molecule has 0 fully saturated rings. The summed E-state index contributed by atoms with van der Waals surface area (Å²) < 4.78 is 14.3. The summed E-state index contributed by atoms with van der Waals surface area (Å²) in [5.41, 5.74) is 2.61. The van der Waals surface area contributed by atoms with Gasteiger partial charge in [0.05, 0.1) is 0 Å². The predicted molar refractivity (Wildman–Crippen MR) is 85.9 cm³/mol. The van der Waals surface area contributed by atoms with Gasteiger partial charge in [0.2, 0.25) is 0 Å². The van der Waals surface area contributed by atoms with Crippen molar-refractivity contribution in [3.05, 3.63) is 41.2 Å². The average Bonchev–Trinajstić information content (AvgIpc) is 2.41. The molecule has 0 nitrogen and oxygen atoms in total. The molecule has 1 aromatic carbocycles. The van der Waals surface area contributed by atoms with Gasteiger partial charge in [0, 0.05) is 17.5 Å². The number of benzene rings is 1. The second-order valence-electron chi connectivity index (χ2n) is 5.46. The highest BCUT2D eigenvalue weighted by Crippen LogP contribution is 2.25. The Kier molecular flexibility index (Phi) is 7.09. The Labute approximate surface area is 123 Å². The van der Waals surface area contributed by atoms with Crippen molar-refractivity contribution in [1.82, 2.24) is 0 Å². The van der Waals surface area contributed by atoms with Gasteiger partial charge in [-0.25, -0.2) is 4.39 Å². The highest BCUT2D eigenvalue weighted by atomic mass is 19.1. The highest BCUT2D eigenvalue weighted by Gasteiger charge is 2.08. The third-order valence-corrected chi connectivity index (χ3v) is 3.08. The van der Waals surface area contributed by atoms with Crippen molar-refractivity contribution in [2.45, 2.75) is 53.4 Å². The molecule has 1 rings (SSSR count). The Bertz CT molecular complexity index is 512. The van der Waals surface area contributed by atoms with E-state index in [1.54, 1.807) is 6.07 Å². The number of halogens is 1. The van der Waals surface area contributed by atoms with Gasteiger partial charge >= 0.3 is 0 Å². The van der Waals surface area contributed by atoms with Crippen LogP contribution < -0.4 is 0 Å². The van der Waals surface area contributed by atoms with Gasteiger partial charge in [0.25, 0.3) is 0 Å². The molecule has 0 aliphatic heterocycles. The number of allylic oxidation sites excluding steroid dienone is 2. The van der Waals surface area contributed by atoms with E-state index < -0.39 is 0 Å². The molecule has 0 spiro atoms. The van der Waals surface area contributed by atoms with E-state index in [4.69, 9.17) is 0 Å². The first-order valence-corrected chi connectivity index (χ1v) is 7.56. The van der Waals surface area contributed by atoms with Gasteiger partial charge < -0.3 is 0 Å². The summed E-state index contributed by atoms with van der Waals surface area (Å²) in [4.78, 5) is 0. The van der Waals surface area contributed by atoms with Gasteiger partial charge in [-0.05, 0) is 36.5 Å². The molecule has 0 radical (unpaired) electrons. The minimum absolute atomic E-state index is 0.156. The quantitative estimate of drug-likeness (QED) is 0.593. The number of hydrogen-bond acceptors (Lipinski definition) is 0. The Morgan fingerprint density at radius 2 is 2.05 bits per heavy atom. The minimum Gasteiger partial charge on any atom is -0.206 e. The van der Waals surface area contributed by atoms with Crippen LogP contribution in [0.5, 0.6) is 0 Å². The van der Waals surface area contributed by atoms with Gasteiger partial charge in [-0.2, -0.15) is 0 Å². The second-order valence-corrected chi connectivity index (χ2v) is 5.46. The van der Waals surface area contributed by atoms with E-state index in [2.05, 4.69) is 38.7 Å². The molecule has 0 saturated heterocycles. The first-order valence-electron chi connectivity index (χ1n) is 7.56. The maximum atomic E-state index is 14.3. The molecule has 108 valence electrons. The molecule has 1 aromatic rings. The van der Waals surface area contributed by atoms with Crippen molar-refractivity contribution in [2.75, 3.05) is 0 Å². The van der Waals surface area contributed by atoms with Crippen LogP contribution in [0, 0.1) is 23.6 Å². The number of rotatable bonds is 5. The SMILES string of the molecule is CCC#Cc1ccc(/C(=C/CC(C)C)CCC)c(F)c1. The molecule has 0 bridgehead atoms. The summed E-state index contributed by atoms with van der Waals surface area (Å²) in [5, 5.41) is 0. The lowest BCUT2D eigenvalue weighted by molar-refractivity contribution is 0.621. The molecule has 0 heterocycles. The van der Waals surface area contributed by atoms with Crippen molar-refractivity contribution in [3.63, 3.8) is 0 Å². The highest BCUT2D eigenvalue weighted by molar-refractivity contribution is 5.66. The summed E-state index contributed by atoms with van der Waals surface area (Å²) in [6.45, 7) is 8.48. The van der Waals surface area contributed by atoms with Crippen LogP contribution in [0.4, 0.5) is 4.39 Å². The third-order valence-electron chi connectivity index (χ3n) is 3.08. The van der Waals surface area contributed by atoms with E-state index in [9.17, 15) is 4.39 Å². The smallest absolute Gasteiger partial charge is 0.131 e. The molecule has 0 aromatic heterocycles. The molecule has 0 aliphatic rings. The molecule has 0 N–H and O–H groups in total. The van der Waals surface area contributed by atoms with Crippen LogP contribution in [0.3, 0.4) is 0 Å². The maximum Gasteiger partial charge on any atom is 0.131 e. The maximum absolute atomic E-state index is 14.3. The Balaban J connectivity index is 3.05. The van der Waals surface area contributed by atoms with E-state index in [0.717, 1.165) is 42.4 Å². The second kappa shape index (κ2) is 8.59. The fourth-order valence-electron chi connectivity index (χ4n) is 2.04. The van der Waals surface area contributed by atoms with Gasteiger partial charge in [-0.3, -0.25) is 0 Å². The lowest BCUT2D eigenvalue weighted by atomic mass is 9.96. The summed E-state index contributed by atoms with van der Waals surface area (Å²) >= 11 is 0. The van der Waals surface area contributed by atoms with E-state index >= 15 is 0 Å². The summed E-state index contributed by atoms with van der Waals surface area (Å²) in [5.74, 6) is 6.39. The molecular formula is C19H25F. The van der Waals surface area contributed by atoms with Crippen LogP contribution in [0.2, 0.25) is 0 Å². The molecular weight excluding hydrogens is 247 g/mol. The molecule has 0 atom stereocenters. The monoisotopic (exact) mass is 272 g/mol. The Hall–Kier alpha value is -1.55. The summed E-state index contributed by atoms with van der Waals surface area (Å²) in [6.07, 6.45) is 5.92. The van der Waals surface area contributed by atoms with Crippen molar-refractivity contribution in [3.8, 4) is 11.8 Å². The van der Waals surface area contributed by atoms with Gasteiger partial charge in [0.15, 0.2) is 0 Å². The third kappa shape index (κ3) is 5.21. The van der Waals surface area contributed by atoms with Gasteiger partial charge in [-0.15, -0.1) is 0 Å². The van der Waals surface area contributed by atoms with E-state index in [-0.39, 0.29) is 5.82 Å². The minimum atomic E-state index is -0.156. The van der Waals surface area contributed by atoms with E-state index in [1.807, 2.05) is 19.1 Å². The van der Waals surface area contributed by atoms with Crippen molar-refractivity contribution in [2.24, 2.45) is 5.92 Å². The van der Waals surface area contributed by atoms with Crippen LogP contribution in [-0.2, 0) is 0 Å². The lowest BCUT2D eigenvalue weighted by Crippen LogP contribution is -1.93. The van der Waals surface area contributed by atoms with Crippen LogP contribution >= 0.6 is 0 Å². The molecule has 0 saturated carbocycles. The molecule has 20 heavy (non-hydrogen) atoms. The zero-order valence-electron chi connectivity index (χ0n) is 13.1. The van der Waals surface area contributed by atoms with Crippen LogP contribution in [-0.4, -0.2) is 0 Å². The summed E-state index contributed by atoms with van der Waals surface area (Å²) in [6, 6.07) is 5.34. The largest absolute Gasteiger partial charge is 0.206 e. The lowest BCUT2D eigenvalue weighted by Gasteiger charge is -2.10. The first-order chi connectivity index (χ1) is 9.58. The first kappa shape index (κ1) is 16.5. The zero-order chi connectivity index (χ0) is 15.0. The Morgan fingerprint density at radius 3 is 2.60 bits per heavy atom. The van der Waals surface area contributed by atoms with Gasteiger partial charge in [-0.1, -0.05) is 58.1 Å².